The first-order valence-electron chi connectivity index (χ1n) is 6.44. The second-order valence-corrected chi connectivity index (χ2v) is 4.32. The molecule has 0 amide bonds. The Balaban J connectivity index is 2.44. The highest BCUT2D eigenvalue weighted by Crippen LogP contribution is 2.22. The molecule has 0 aliphatic carbocycles. The van der Waals surface area contributed by atoms with Gasteiger partial charge in [0.15, 0.2) is 0 Å². The van der Waals surface area contributed by atoms with E-state index in [1.165, 1.54) is 11.4 Å². The van der Waals surface area contributed by atoms with Gasteiger partial charge in [0.05, 0.1) is 23.1 Å². The van der Waals surface area contributed by atoms with Gasteiger partial charge in [0.25, 0.3) is 0 Å². The number of hydrogen-bond donors (Lipinski definition) is 1. The average molecular weight is 247 g/mol. The van der Waals surface area contributed by atoms with E-state index in [2.05, 4.69) is 41.5 Å². The van der Waals surface area contributed by atoms with Crippen LogP contribution in [0.2, 0.25) is 0 Å². The monoisotopic (exact) mass is 247 g/mol. The summed E-state index contributed by atoms with van der Waals surface area (Å²) in [5, 5.41) is 12.2. The molecule has 1 atom stereocenters. The standard InChI is InChI=1S/C13H21N5/c1-5-17-11(7-8-15-17)13(14-4)12-9-10(3)16-18(12)6-2/h7-9,13-14H,5-6H2,1-4H3. The van der Waals surface area contributed by atoms with Gasteiger partial charge in [-0.15, -0.1) is 0 Å². The normalized spacial score (nSPS) is 12.9. The molecule has 1 N–H and O–H groups in total. The van der Waals surface area contributed by atoms with Crippen molar-refractivity contribution in [3.05, 3.63) is 35.4 Å². The van der Waals surface area contributed by atoms with E-state index < -0.39 is 0 Å². The second-order valence-electron chi connectivity index (χ2n) is 4.32. The Morgan fingerprint density at radius 3 is 2.56 bits per heavy atom. The van der Waals surface area contributed by atoms with Gasteiger partial charge in [0.1, 0.15) is 0 Å². The lowest BCUT2D eigenvalue weighted by molar-refractivity contribution is 0.517. The molecule has 0 aliphatic heterocycles. The zero-order valence-electron chi connectivity index (χ0n) is 11.5. The zero-order chi connectivity index (χ0) is 13.1. The highest BCUT2D eigenvalue weighted by molar-refractivity contribution is 5.23. The first kappa shape index (κ1) is 12.8. The fraction of sp³-hybridized carbons (Fsp3) is 0.538. The molecular formula is C13H21N5. The van der Waals surface area contributed by atoms with Gasteiger partial charge in [0.2, 0.25) is 0 Å². The number of aryl methyl sites for hydroxylation is 3. The summed E-state index contributed by atoms with van der Waals surface area (Å²) < 4.78 is 4.06. The third kappa shape index (κ3) is 2.18. The van der Waals surface area contributed by atoms with Gasteiger partial charge >= 0.3 is 0 Å². The maximum Gasteiger partial charge on any atom is 0.0916 e. The highest BCUT2D eigenvalue weighted by atomic mass is 15.3. The Morgan fingerprint density at radius 1 is 1.22 bits per heavy atom. The summed E-state index contributed by atoms with van der Waals surface area (Å²) in [7, 11) is 1.97. The van der Waals surface area contributed by atoms with E-state index in [1.54, 1.807) is 0 Å². The van der Waals surface area contributed by atoms with E-state index in [-0.39, 0.29) is 6.04 Å². The van der Waals surface area contributed by atoms with Gasteiger partial charge in [-0.2, -0.15) is 10.2 Å². The zero-order valence-corrected chi connectivity index (χ0v) is 11.5. The number of rotatable bonds is 5. The van der Waals surface area contributed by atoms with Crippen molar-refractivity contribution in [3.8, 4) is 0 Å². The van der Waals surface area contributed by atoms with E-state index in [1.807, 2.05) is 29.5 Å². The third-order valence-corrected chi connectivity index (χ3v) is 3.16. The van der Waals surface area contributed by atoms with E-state index >= 15 is 0 Å². The fourth-order valence-corrected chi connectivity index (χ4v) is 2.35. The Morgan fingerprint density at radius 2 is 1.94 bits per heavy atom. The van der Waals surface area contributed by atoms with Gasteiger partial charge in [-0.25, -0.2) is 0 Å². The topological polar surface area (TPSA) is 47.7 Å². The summed E-state index contributed by atoms with van der Waals surface area (Å²) in [6.07, 6.45) is 1.85. The molecule has 2 aromatic heterocycles. The van der Waals surface area contributed by atoms with Gasteiger partial charge in [-0.05, 0) is 40.0 Å². The smallest absolute Gasteiger partial charge is 0.0916 e. The molecule has 2 aromatic rings. The van der Waals surface area contributed by atoms with Crippen molar-refractivity contribution in [2.45, 2.75) is 39.9 Å². The first-order chi connectivity index (χ1) is 8.71. The van der Waals surface area contributed by atoms with E-state index in [0.29, 0.717) is 0 Å². The van der Waals surface area contributed by atoms with E-state index in [4.69, 9.17) is 0 Å². The van der Waals surface area contributed by atoms with Crippen LogP contribution < -0.4 is 5.32 Å². The van der Waals surface area contributed by atoms with Crippen LogP contribution in [0.1, 0.15) is 37.0 Å². The molecule has 1 unspecified atom stereocenters. The lowest BCUT2D eigenvalue weighted by atomic mass is 10.1. The highest BCUT2D eigenvalue weighted by Gasteiger charge is 2.20. The average Bonchev–Trinajstić information content (AvgIpc) is 2.97. The molecule has 2 heterocycles. The predicted molar refractivity (Wildman–Crippen MR) is 71.4 cm³/mol. The maximum absolute atomic E-state index is 4.51. The molecule has 2 rings (SSSR count). The third-order valence-electron chi connectivity index (χ3n) is 3.16. The molecule has 0 radical (unpaired) electrons. The molecule has 18 heavy (non-hydrogen) atoms. The first-order valence-corrected chi connectivity index (χ1v) is 6.44. The number of nitrogens with zero attached hydrogens (tertiary/aromatic N) is 4. The number of aromatic nitrogens is 4. The Kier molecular flexibility index (Phi) is 3.81. The van der Waals surface area contributed by atoms with Crippen LogP contribution in [0, 0.1) is 6.92 Å². The lowest BCUT2D eigenvalue weighted by Gasteiger charge is -2.18. The molecule has 0 spiro atoms. The van der Waals surface area contributed by atoms with Crippen molar-refractivity contribution in [2.75, 3.05) is 7.05 Å². The fourth-order valence-electron chi connectivity index (χ4n) is 2.35. The molecule has 0 bridgehead atoms. The van der Waals surface area contributed by atoms with Crippen molar-refractivity contribution in [2.24, 2.45) is 0 Å². The minimum absolute atomic E-state index is 0.133. The Hall–Kier alpha value is -1.62. The quantitative estimate of drug-likeness (QED) is 0.875. The van der Waals surface area contributed by atoms with E-state index in [0.717, 1.165) is 18.8 Å². The SMILES string of the molecule is CCn1nccc1C(NC)c1cc(C)nn1CC. The van der Waals surface area contributed by atoms with Gasteiger partial charge < -0.3 is 5.32 Å². The molecule has 5 heteroatoms. The van der Waals surface area contributed by atoms with Crippen LogP contribution in [0.5, 0.6) is 0 Å². The maximum atomic E-state index is 4.51. The van der Waals surface area contributed by atoms with Crippen molar-refractivity contribution < 1.29 is 0 Å². The second kappa shape index (κ2) is 5.35. The molecule has 5 nitrogen and oxygen atoms in total. The summed E-state index contributed by atoms with van der Waals surface area (Å²) >= 11 is 0. The van der Waals surface area contributed by atoms with Crippen LogP contribution >= 0.6 is 0 Å². The van der Waals surface area contributed by atoms with Crippen molar-refractivity contribution >= 4 is 0 Å². The molecule has 0 aliphatic rings. The van der Waals surface area contributed by atoms with Crippen molar-refractivity contribution in [1.82, 2.24) is 24.9 Å². The minimum atomic E-state index is 0.133. The van der Waals surface area contributed by atoms with Gasteiger partial charge in [0, 0.05) is 19.3 Å². The number of hydrogen-bond acceptors (Lipinski definition) is 3. The van der Waals surface area contributed by atoms with E-state index in [9.17, 15) is 0 Å². The van der Waals surface area contributed by atoms with Crippen LogP contribution in [0.3, 0.4) is 0 Å². The van der Waals surface area contributed by atoms with Crippen molar-refractivity contribution in [1.29, 1.82) is 0 Å². The minimum Gasteiger partial charge on any atom is -0.307 e. The predicted octanol–water partition coefficient (Wildman–Crippen LogP) is 1.74. The molecular weight excluding hydrogens is 226 g/mol. The van der Waals surface area contributed by atoms with Crippen molar-refractivity contribution in [3.63, 3.8) is 0 Å². The summed E-state index contributed by atoms with van der Waals surface area (Å²) in [5.74, 6) is 0. The lowest BCUT2D eigenvalue weighted by Crippen LogP contribution is -2.24. The Labute approximate surface area is 108 Å². The Bertz CT molecular complexity index is 511. The van der Waals surface area contributed by atoms with Gasteiger partial charge in [-0.3, -0.25) is 9.36 Å². The summed E-state index contributed by atoms with van der Waals surface area (Å²) in [6.45, 7) is 7.99. The largest absolute Gasteiger partial charge is 0.307 e. The van der Waals surface area contributed by atoms with Crippen LogP contribution in [-0.4, -0.2) is 26.6 Å². The molecule has 98 valence electrons. The summed E-state index contributed by atoms with van der Waals surface area (Å²) in [5.41, 5.74) is 3.41. The van der Waals surface area contributed by atoms with Crippen LogP contribution in [0.25, 0.3) is 0 Å². The summed E-state index contributed by atoms with van der Waals surface area (Å²) in [4.78, 5) is 0. The van der Waals surface area contributed by atoms with Gasteiger partial charge in [-0.1, -0.05) is 0 Å². The molecule has 0 saturated carbocycles. The number of nitrogens with one attached hydrogen (secondary N) is 1. The molecule has 0 fully saturated rings. The van der Waals surface area contributed by atoms with Crippen LogP contribution in [-0.2, 0) is 13.1 Å². The van der Waals surface area contributed by atoms with Crippen LogP contribution in [0.15, 0.2) is 18.3 Å². The molecule has 0 saturated heterocycles. The van der Waals surface area contributed by atoms with Crippen LogP contribution in [0.4, 0.5) is 0 Å². The molecule has 0 aromatic carbocycles. The summed E-state index contributed by atoms with van der Waals surface area (Å²) in [6, 6.07) is 4.33.